The maximum absolute atomic E-state index is 11.8. The lowest BCUT2D eigenvalue weighted by atomic mass is 9.89. The Hall–Kier alpha value is -0.260. The van der Waals surface area contributed by atoms with Crippen molar-refractivity contribution < 1.29 is 9.53 Å². The summed E-state index contributed by atoms with van der Waals surface area (Å²) < 4.78 is 5.39. The zero-order valence-electron chi connectivity index (χ0n) is 10.5. The molecule has 1 fully saturated rings. The van der Waals surface area contributed by atoms with Gasteiger partial charge < -0.3 is 10.1 Å². The number of hydrogen-bond donors (Lipinski definition) is 2. The van der Waals surface area contributed by atoms with Crippen LogP contribution in [0.5, 0.6) is 0 Å². The van der Waals surface area contributed by atoms with E-state index in [0.29, 0.717) is 6.54 Å². The lowest BCUT2D eigenvalue weighted by Crippen LogP contribution is -2.47. The van der Waals surface area contributed by atoms with Crippen LogP contribution in [0.15, 0.2) is 0 Å². The van der Waals surface area contributed by atoms with Crippen molar-refractivity contribution in [2.75, 3.05) is 25.3 Å². The number of thioether (sulfide) groups is 1. The highest BCUT2D eigenvalue weighted by Crippen LogP contribution is 2.21. The predicted octanol–water partition coefficient (Wildman–Crippen LogP) is 0.826. The van der Waals surface area contributed by atoms with Crippen molar-refractivity contribution in [1.29, 1.82) is 0 Å². The predicted molar refractivity (Wildman–Crippen MR) is 67.5 cm³/mol. The summed E-state index contributed by atoms with van der Waals surface area (Å²) in [6.07, 6.45) is 0.0468. The molecule has 0 saturated carbocycles. The number of nitrogens with one attached hydrogen (secondary N) is 2. The number of amides is 1. The van der Waals surface area contributed by atoms with Crippen LogP contribution < -0.4 is 10.6 Å². The summed E-state index contributed by atoms with van der Waals surface area (Å²) in [5.74, 6) is 1.81. The van der Waals surface area contributed by atoms with Gasteiger partial charge in [-0.15, -0.1) is 11.8 Å². The Morgan fingerprint density at radius 2 is 2.31 bits per heavy atom. The highest BCUT2D eigenvalue weighted by atomic mass is 32.2. The van der Waals surface area contributed by atoms with E-state index in [1.165, 1.54) is 0 Å². The fourth-order valence-corrected chi connectivity index (χ4v) is 2.56. The van der Waals surface area contributed by atoms with Crippen molar-refractivity contribution in [3.05, 3.63) is 0 Å². The summed E-state index contributed by atoms with van der Waals surface area (Å²) in [4.78, 5) is 11.8. The molecule has 1 amide bonds. The molecule has 1 aliphatic rings. The molecule has 1 saturated heterocycles. The summed E-state index contributed by atoms with van der Waals surface area (Å²) >= 11 is 1.75. The molecule has 0 aliphatic carbocycles. The molecule has 2 unspecified atom stereocenters. The number of rotatable bonds is 4. The lowest BCUT2D eigenvalue weighted by Gasteiger charge is -2.29. The second kappa shape index (κ2) is 5.89. The summed E-state index contributed by atoms with van der Waals surface area (Å²) in [5.41, 5.74) is 0.0416. The Labute approximate surface area is 102 Å². The molecule has 0 spiro atoms. The maximum atomic E-state index is 11.8. The normalized spacial score (nSPS) is 23.1. The first-order valence-electron chi connectivity index (χ1n) is 5.57. The van der Waals surface area contributed by atoms with E-state index in [0.717, 1.165) is 11.6 Å². The van der Waals surface area contributed by atoms with E-state index in [9.17, 15) is 4.79 Å². The van der Waals surface area contributed by atoms with Gasteiger partial charge in [0.2, 0.25) is 5.91 Å². The summed E-state index contributed by atoms with van der Waals surface area (Å²) in [6, 6.07) is -0.0394. The Bertz CT molecular complexity index is 235. The van der Waals surface area contributed by atoms with E-state index in [1.807, 2.05) is 0 Å². The fourth-order valence-electron chi connectivity index (χ4n) is 1.62. The van der Waals surface area contributed by atoms with Crippen LogP contribution in [0.4, 0.5) is 0 Å². The van der Waals surface area contributed by atoms with Crippen LogP contribution >= 0.6 is 11.8 Å². The third-order valence-electron chi connectivity index (χ3n) is 2.74. The molecular weight excluding hydrogens is 224 g/mol. The fraction of sp³-hybridized carbons (Fsp3) is 0.909. The van der Waals surface area contributed by atoms with E-state index < -0.39 is 0 Å². The van der Waals surface area contributed by atoms with Gasteiger partial charge in [0.25, 0.3) is 0 Å². The van der Waals surface area contributed by atoms with Crippen molar-refractivity contribution in [1.82, 2.24) is 10.6 Å². The quantitative estimate of drug-likeness (QED) is 0.771. The molecule has 0 radical (unpaired) electrons. The van der Waals surface area contributed by atoms with E-state index in [-0.39, 0.29) is 23.5 Å². The van der Waals surface area contributed by atoms with Crippen molar-refractivity contribution in [3.63, 3.8) is 0 Å². The van der Waals surface area contributed by atoms with Crippen LogP contribution in [0.2, 0.25) is 0 Å². The van der Waals surface area contributed by atoms with Gasteiger partial charge >= 0.3 is 0 Å². The Morgan fingerprint density at radius 3 is 2.75 bits per heavy atom. The molecule has 2 N–H and O–H groups in total. The van der Waals surface area contributed by atoms with Gasteiger partial charge in [0.05, 0.1) is 12.1 Å². The van der Waals surface area contributed by atoms with Crippen molar-refractivity contribution in [2.24, 2.45) is 5.41 Å². The Balaban J connectivity index is 2.34. The Kier molecular flexibility index (Phi) is 5.08. The number of hydrogen-bond acceptors (Lipinski definition) is 4. The lowest BCUT2D eigenvalue weighted by molar-refractivity contribution is -0.123. The zero-order chi connectivity index (χ0) is 12.2. The van der Waals surface area contributed by atoms with Gasteiger partial charge in [0.15, 0.2) is 0 Å². The second-order valence-electron chi connectivity index (χ2n) is 5.11. The molecule has 1 heterocycles. The highest BCUT2D eigenvalue weighted by Gasteiger charge is 2.27. The van der Waals surface area contributed by atoms with E-state index >= 15 is 0 Å². The smallest absolute Gasteiger partial charge is 0.238 e. The molecule has 0 aromatic carbocycles. The third kappa shape index (κ3) is 3.96. The van der Waals surface area contributed by atoms with Gasteiger partial charge in [-0.2, -0.15) is 0 Å². The maximum Gasteiger partial charge on any atom is 0.238 e. The molecule has 2 atom stereocenters. The molecule has 1 rings (SSSR count). The average molecular weight is 246 g/mol. The van der Waals surface area contributed by atoms with Crippen molar-refractivity contribution in [3.8, 4) is 0 Å². The molecular formula is C11H22N2O2S. The van der Waals surface area contributed by atoms with Crippen molar-refractivity contribution in [2.45, 2.75) is 32.9 Å². The molecule has 16 heavy (non-hydrogen) atoms. The minimum Gasteiger partial charge on any atom is -0.379 e. The number of methoxy groups -OCH3 is 1. The molecule has 0 aromatic heterocycles. The molecule has 94 valence electrons. The van der Waals surface area contributed by atoms with Gasteiger partial charge in [-0.1, -0.05) is 20.8 Å². The summed E-state index contributed by atoms with van der Waals surface area (Å²) in [5, 5.41) is 6.09. The van der Waals surface area contributed by atoms with Crippen LogP contribution in [-0.4, -0.2) is 43.3 Å². The van der Waals surface area contributed by atoms with Crippen molar-refractivity contribution >= 4 is 17.7 Å². The topological polar surface area (TPSA) is 50.4 Å². The van der Waals surface area contributed by atoms with Gasteiger partial charge in [0, 0.05) is 25.3 Å². The van der Waals surface area contributed by atoms with Crippen LogP contribution in [-0.2, 0) is 9.53 Å². The molecule has 1 aliphatic heterocycles. The van der Waals surface area contributed by atoms with Crippen LogP contribution in [0, 0.1) is 5.41 Å². The van der Waals surface area contributed by atoms with Crippen LogP contribution in [0.1, 0.15) is 20.8 Å². The van der Waals surface area contributed by atoms with E-state index in [4.69, 9.17) is 4.74 Å². The SMILES string of the molecule is COC(CNC(=O)C1CSCN1)C(C)(C)C. The largest absolute Gasteiger partial charge is 0.379 e. The first-order valence-corrected chi connectivity index (χ1v) is 6.72. The van der Waals surface area contributed by atoms with Crippen LogP contribution in [0.25, 0.3) is 0 Å². The van der Waals surface area contributed by atoms with Gasteiger partial charge in [-0.25, -0.2) is 0 Å². The molecule has 5 heteroatoms. The second-order valence-corrected chi connectivity index (χ2v) is 6.14. The molecule has 0 bridgehead atoms. The third-order valence-corrected chi connectivity index (χ3v) is 3.68. The summed E-state index contributed by atoms with van der Waals surface area (Å²) in [6.45, 7) is 6.90. The number of carbonyl (C=O) groups is 1. The van der Waals surface area contributed by atoms with Gasteiger partial charge in [-0.3, -0.25) is 10.1 Å². The Morgan fingerprint density at radius 1 is 1.62 bits per heavy atom. The number of ether oxygens (including phenoxy) is 1. The van der Waals surface area contributed by atoms with Crippen LogP contribution in [0.3, 0.4) is 0 Å². The average Bonchev–Trinajstić information content (AvgIpc) is 2.68. The summed E-state index contributed by atoms with van der Waals surface area (Å²) in [7, 11) is 1.69. The molecule has 4 nitrogen and oxygen atoms in total. The molecule has 0 aromatic rings. The minimum absolute atomic E-state index is 0.0394. The first kappa shape index (κ1) is 13.8. The first-order chi connectivity index (χ1) is 7.45. The zero-order valence-corrected chi connectivity index (χ0v) is 11.3. The van der Waals surface area contributed by atoms with E-state index in [2.05, 4.69) is 31.4 Å². The number of carbonyl (C=O) groups excluding carboxylic acids is 1. The minimum atomic E-state index is -0.0394. The standard InChI is InChI=1S/C11H22N2O2S/c1-11(2,3)9(15-4)5-12-10(14)8-6-16-7-13-8/h8-9,13H,5-7H2,1-4H3,(H,12,14). The highest BCUT2D eigenvalue weighted by molar-refractivity contribution is 7.99. The van der Waals surface area contributed by atoms with E-state index in [1.54, 1.807) is 18.9 Å². The van der Waals surface area contributed by atoms with Gasteiger partial charge in [0.1, 0.15) is 0 Å². The monoisotopic (exact) mass is 246 g/mol. The van der Waals surface area contributed by atoms with Gasteiger partial charge in [-0.05, 0) is 5.41 Å².